The zero-order valence-corrected chi connectivity index (χ0v) is 10.8. The molecule has 2 aromatic rings. The van der Waals surface area contributed by atoms with Crippen molar-refractivity contribution in [3.05, 3.63) is 17.8 Å². The monoisotopic (exact) mass is 302 g/mol. The Morgan fingerprint density at radius 3 is 2.80 bits per heavy atom. The van der Waals surface area contributed by atoms with Crippen LogP contribution in [-0.4, -0.2) is 66.2 Å². The first-order chi connectivity index (χ1) is 9.61. The van der Waals surface area contributed by atoms with Crippen LogP contribution in [0.2, 0.25) is 5.15 Å². The minimum absolute atomic E-state index is 0.165. The minimum Gasteiger partial charge on any atom is -0.394 e. The van der Waals surface area contributed by atoms with E-state index in [4.69, 9.17) is 26.3 Å². The number of fused-ring (bicyclic) bond motifs is 1. The number of aliphatic hydroxyl groups excluding tert-OH is 3. The molecule has 108 valence electrons. The van der Waals surface area contributed by atoms with E-state index < -0.39 is 31.2 Å². The molecular weight excluding hydrogens is 292 g/mol. The molecule has 0 spiro atoms. The van der Waals surface area contributed by atoms with E-state index in [1.807, 2.05) is 0 Å². The number of ether oxygens (including phenoxy) is 1. The van der Waals surface area contributed by atoms with Crippen molar-refractivity contribution in [3.8, 4) is 0 Å². The van der Waals surface area contributed by atoms with E-state index in [1.165, 1.54) is 12.7 Å². The van der Waals surface area contributed by atoms with Crippen LogP contribution in [0.25, 0.3) is 11.2 Å². The molecule has 2 aromatic heterocycles. The van der Waals surface area contributed by atoms with Crippen molar-refractivity contribution in [2.75, 3.05) is 6.61 Å². The third-order valence-corrected chi connectivity index (χ3v) is 3.25. The van der Waals surface area contributed by atoms with E-state index in [9.17, 15) is 10.2 Å². The Morgan fingerprint density at radius 2 is 2.10 bits per heavy atom. The molecule has 0 saturated carbocycles. The summed E-state index contributed by atoms with van der Waals surface area (Å²) in [5, 5.41) is 28.6. The van der Waals surface area contributed by atoms with Crippen molar-refractivity contribution in [3.63, 3.8) is 0 Å². The van der Waals surface area contributed by atoms with Gasteiger partial charge >= 0.3 is 0 Å². The molecule has 20 heavy (non-hydrogen) atoms. The number of aromatic nitrogens is 4. The lowest BCUT2D eigenvalue weighted by Gasteiger charge is -2.16. The number of aliphatic hydroxyl groups is 3. The average Bonchev–Trinajstić information content (AvgIpc) is 2.97. The Hall–Kier alpha value is -1.52. The van der Waals surface area contributed by atoms with Gasteiger partial charge in [-0.3, -0.25) is 0 Å². The number of halogens is 1. The molecule has 0 aromatic carbocycles. The van der Waals surface area contributed by atoms with Crippen LogP contribution in [0.4, 0.5) is 0 Å². The van der Waals surface area contributed by atoms with E-state index in [2.05, 4.69) is 15.0 Å². The molecule has 3 N–H and O–H groups in total. The van der Waals surface area contributed by atoms with Crippen LogP contribution < -0.4 is 4.84 Å². The highest BCUT2D eigenvalue weighted by Gasteiger charge is 2.44. The first-order valence-electron chi connectivity index (χ1n) is 5.75. The number of imidazole rings is 1. The quantitative estimate of drug-likeness (QED) is 0.576. The van der Waals surface area contributed by atoms with Crippen LogP contribution in [-0.2, 0) is 4.74 Å². The molecule has 3 rings (SSSR count). The summed E-state index contributed by atoms with van der Waals surface area (Å²) in [5.41, 5.74) is 0.628. The van der Waals surface area contributed by atoms with Gasteiger partial charge in [-0.2, -0.15) is 0 Å². The predicted molar refractivity (Wildman–Crippen MR) is 64.7 cm³/mol. The van der Waals surface area contributed by atoms with E-state index in [1.54, 1.807) is 0 Å². The molecule has 1 aliphatic heterocycles. The molecule has 1 saturated heterocycles. The van der Waals surface area contributed by atoms with Crippen LogP contribution in [0, 0.1) is 0 Å². The lowest BCUT2D eigenvalue weighted by atomic mass is 10.1. The van der Waals surface area contributed by atoms with Crippen LogP contribution in [0.1, 0.15) is 0 Å². The Bertz CT molecular complexity index is 623. The fourth-order valence-corrected chi connectivity index (χ4v) is 2.10. The third-order valence-electron chi connectivity index (χ3n) is 2.97. The second-order valence-electron chi connectivity index (χ2n) is 4.22. The standard InChI is InChI=1S/C10H11ClN4O5/c11-8-5-9(13-2-12-8)15(3-14-5)20-10-7(18)6(17)4(1-16)19-10/h2-4,6-7,10,16-18H,1H2/t4-,6-,7-,10-/m1/s1. The fourth-order valence-electron chi connectivity index (χ4n) is 1.93. The maximum absolute atomic E-state index is 9.78. The lowest BCUT2D eigenvalue weighted by Crippen LogP contribution is -2.38. The summed E-state index contributed by atoms with van der Waals surface area (Å²) >= 11 is 5.85. The zero-order valence-electron chi connectivity index (χ0n) is 10.00. The summed E-state index contributed by atoms with van der Waals surface area (Å²) in [6.45, 7) is -0.434. The molecule has 3 heterocycles. The van der Waals surface area contributed by atoms with Gasteiger partial charge < -0.3 is 24.9 Å². The van der Waals surface area contributed by atoms with Crippen LogP contribution in [0.15, 0.2) is 12.7 Å². The summed E-state index contributed by atoms with van der Waals surface area (Å²) in [4.78, 5) is 17.1. The van der Waals surface area contributed by atoms with Crippen molar-refractivity contribution in [1.82, 2.24) is 19.7 Å². The Balaban J connectivity index is 1.85. The minimum atomic E-state index is -1.30. The first-order valence-corrected chi connectivity index (χ1v) is 6.12. The van der Waals surface area contributed by atoms with Gasteiger partial charge in [0.2, 0.25) is 5.65 Å². The van der Waals surface area contributed by atoms with Gasteiger partial charge in [-0.05, 0) is 0 Å². The summed E-state index contributed by atoms with van der Waals surface area (Å²) in [7, 11) is 0. The second-order valence-corrected chi connectivity index (χ2v) is 4.58. The Labute approximate surface area is 117 Å². The maximum Gasteiger partial charge on any atom is 0.254 e. The van der Waals surface area contributed by atoms with Gasteiger partial charge in [0.25, 0.3) is 6.29 Å². The van der Waals surface area contributed by atoms with Crippen LogP contribution in [0.5, 0.6) is 0 Å². The van der Waals surface area contributed by atoms with E-state index >= 15 is 0 Å². The fraction of sp³-hybridized carbons (Fsp3) is 0.500. The predicted octanol–water partition coefficient (Wildman–Crippen LogP) is -1.65. The number of rotatable bonds is 3. The molecule has 1 aliphatic rings. The number of hydrogen-bond acceptors (Lipinski definition) is 8. The lowest BCUT2D eigenvalue weighted by molar-refractivity contribution is -0.169. The highest BCUT2D eigenvalue weighted by molar-refractivity contribution is 6.33. The van der Waals surface area contributed by atoms with Gasteiger partial charge in [-0.1, -0.05) is 11.6 Å². The van der Waals surface area contributed by atoms with Gasteiger partial charge in [0.05, 0.1) is 6.61 Å². The molecule has 9 nitrogen and oxygen atoms in total. The topological polar surface area (TPSA) is 123 Å². The molecule has 0 unspecified atom stereocenters. The summed E-state index contributed by atoms with van der Waals surface area (Å²) in [6, 6.07) is 0. The molecule has 0 aliphatic carbocycles. The van der Waals surface area contributed by atoms with Gasteiger partial charge in [0, 0.05) is 0 Å². The normalized spacial score (nSPS) is 30.0. The second kappa shape index (κ2) is 5.11. The summed E-state index contributed by atoms with van der Waals surface area (Å²) in [6.07, 6.45) is -2.08. The van der Waals surface area contributed by atoms with Crippen molar-refractivity contribution in [2.45, 2.75) is 24.6 Å². The molecule has 0 amide bonds. The smallest absolute Gasteiger partial charge is 0.254 e. The third kappa shape index (κ3) is 2.09. The molecule has 1 fully saturated rings. The van der Waals surface area contributed by atoms with Crippen molar-refractivity contribution in [2.24, 2.45) is 0 Å². The van der Waals surface area contributed by atoms with Gasteiger partial charge in [0.15, 0.2) is 5.15 Å². The van der Waals surface area contributed by atoms with E-state index in [0.29, 0.717) is 11.2 Å². The Kier molecular flexibility index (Phi) is 3.44. The highest BCUT2D eigenvalue weighted by Crippen LogP contribution is 2.22. The largest absolute Gasteiger partial charge is 0.394 e. The molecule has 0 bridgehead atoms. The van der Waals surface area contributed by atoms with E-state index in [0.717, 1.165) is 4.73 Å². The molecule has 4 atom stereocenters. The van der Waals surface area contributed by atoms with Gasteiger partial charge in [0.1, 0.15) is 36.5 Å². The zero-order chi connectivity index (χ0) is 14.3. The maximum atomic E-state index is 9.78. The van der Waals surface area contributed by atoms with Crippen molar-refractivity contribution >= 4 is 22.8 Å². The van der Waals surface area contributed by atoms with E-state index in [-0.39, 0.29) is 5.15 Å². The van der Waals surface area contributed by atoms with Crippen LogP contribution >= 0.6 is 11.6 Å². The SMILES string of the molecule is OC[C@H]1O[C@H](On2cnc3c(Cl)ncnc32)[C@H](O)[C@@H]1O. The van der Waals surface area contributed by atoms with Gasteiger partial charge in [-0.15, -0.1) is 4.73 Å². The van der Waals surface area contributed by atoms with Gasteiger partial charge in [-0.25, -0.2) is 15.0 Å². The Morgan fingerprint density at radius 1 is 1.30 bits per heavy atom. The van der Waals surface area contributed by atoms with Crippen molar-refractivity contribution in [1.29, 1.82) is 0 Å². The van der Waals surface area contributed by atoms with Crippen molar-refractivity contribution < 1.29 is 24.9 Å². The van der Waals surface area contributed by atoms with Crippen LogP contribution in [0.3, 0.4) is 0 Å². The average molecular weight is 303 g/mol. The first kappa shape index (κ1) is 13.5. The summed E-state index contributed by atoms with van der Waals surface area (Å²) < 4.78 is 6.35. The molecular formula is C10H11ClN4O5. The number of hydrogen-bond donors (Lipinski definition) is 3. The molecule has 10 heteroatoms. The summed E-state index contributed by atoms with van der Waals surface area (Å²) in [5.74, 6) is 0. The highest BCUT2D eigenvalue weighted by atomic mass is 35.5. The molecule has 0 radical (unpaired) electrons. The number of nitrogens with zero attached hydrogens (tertiary/aromatic N) is 4.